The molecule has 0 spiro atoms. The molecule has 1 aliphatic carbocycles. The summed E-state index contributed by atoms with van der Waals surface area (Å²) >= 11 is 5.88. The Balaban J connectivity index is 1.96. The second kappa shape index (κ2) is 4.79. The van der Waals surface area contributed by atoms with Crippen molar-refractivity contribution in [3.8, 4) is 11.8 Å². The van der Waals surface area contributed by atoms with Gasteiger partial charge in [0.1, 0.15) is 5.15 Å². The van der Waals surface area contributed by atoms with Crippen LogP contribution in [0.15, 0.2) is 41.9 Å². The van der Waals surface area contributed by atoms with Gasteiger partial charge in [0, 0.05) is 17.5 Å². The zero-order valence-corrected chi connectivity index (χ0v) is 10.9. The maximum Gasteiger partial charge on any atom is 0.172 e. The van der Waals surface area contributed by atoms with Crippen LogP contribution in [0.3, 0.4) is 0 Å². The predicted molar refractivity (Wildman–Crippen MR) is 74.5 cm³/mol. The molecular formula is C14H11ClN4. The van der Waals surface area contributed by atoms with E-state index in [9.17, 15) is 0 Å². The molecular weight excluding hydrogens is 260 g/mol. The Morgan fingerprint density at radius 2 is 2.16 bits per heavy atom. The van der Waals surface area contributed by atoms with Gasteiger partial charge in [-0.2, -0.15) is 5.10 Å². The Morgan fingerprint density at radius 1 is 1.26 bits per heavy atom. The molecule has 94 valence electrons. The largest absolute Gasteiger partial charge is 0.402 e. The topological polar surface area (TPSA) is 56.2 Å². The maximum absolute atomic E-state index is 5.88. The van der Waals surface area contributed by atoms with E-state index >= 15 is 0 Å². The lowest BCUT2D eigenvalue weighted by Crippen LogP contribution is -2.00. The van der Waals surface area contributed by atoms with E-state index in [4.69, 9.17) is 17.3 Å². The van der Waals surface area contributed by atoms with E-state index in [1.54, 1.807) is 23.0 Å². The molecule has 2 heterocycles. The highest BCUT2D eigenvalue weighted by Gasteiger charge is 2.04. The number of aromatic nitrogens is 3. The number of halogens is 1. The molecule has 0 radical (unpaired) electrons. The summed E-state index contributed by atoms with van der Waals surface area (Å²) < 4.78 is 1.66. The second-order valence-electron chi connectivity index (χ2n) is 4.26. The van der Waals surface area contributed by atoms with Crippen LogP contribution in [-0.4, -0.2) is 14.6 Å². The minimum atomic E-state index is 0.434. The Morgan fingerprint density at radius 3 is 2.95 bits per heavy atom. The van der Waals surface area contributed by atoms with Gasteiger partial charge in [0.2, 0.25) is 0 Å². The van der Waals surface area contributed by atoms with Crippen molar-refractivity contribution >= 4 is 17.2 Å². The van der Waals surface area contributed by atoms with Crippen LogP contribution in [0.1, 0.15) is 18.4 Å². The van der Waals surface area contributed by atoms with Gasteiger partial charge in [-0.3, -0.25) is 0 Å². The van der Waals surface area contributed by atoms with E-state index in [0.717, 1.165) is 29.7 Å². The van der Waals surface area contributed by atoms with Gasteiger partial charge in [0.05, 0.1) is 11.8 Å². The van der Waals surface area contributed by atoms with Crippen LogP contribution in [-0.2, 0) is 0 Å². The van der Waals surface area contributed by atoms with E-state index in [-0.39, 0.29) is 0 Å². The highest BCUT2D eigenvalue weighted by atomic mass is 35.5. The average molecular weight is 271 g/mol. The zero-order chi connectivity index (χ0) is 13.2. The summed E-state index contributed by atoms with van der Waals surface area (Å²) in [4.78, 5) is 4.22. The van der Waals surface area contributed by atoms with Crippen LogP contribution in [0.25, 0.3) is 5.65 Å². The fraction of sp³-hybridized carbons (Fsp3) is 0.143. The first-order chi connectivity index (χ1) is 9.22. The number of nitrogens with two attached hydrogens (primary N) is 1. The molecule has 0 amide bonds. The molecule has 0 unspecified atom stereocenters. The molecule has 2 aromatic rings. The van der Waals surface area contributed by atoms with Crippen molar-refractivity contribution in [1.29, 1.82) is 0 Å². The molecule has 5 heteroatoms. The fourth-order valence-electron chi connectivity index (χ4n) is 1.84. The van der Waals surface area contributed by atoms with Crippen molar-refractivity contribution in [2.45, 2.75) is 12.8 Å². The van der Waals surface area contributed by atoms with Crippen molar-refractivity contribution in [3.63, 3.8) is 0 Å². The second-order valence-corrected chi connectivity index (χ2v) is 4.65. The molecule has 3 rings (SSSR count). The molecule has 2 N–H and O–H groups in total. The first kappa shape index (κ1) is 11.8. The molecule has 4 nitrogen and oxygen atoms in total. The third kappa shape index (κ3) is 2.47. The highest BCUT2D eigenvalue weighted by Crippen LogP contribution is 2.15. The monoisotopic (exact) mass is 270 g/mol. The average Bonchev–Trinajstić information content (AvgIpc) is 2.80. The normalized spacial score (nSPS) is 14.6. The third-order valence-electron chi connectivity index (χ3n) is 2.87. The number of hydrogen-bond acceptors (Lipinski definition) is 3. The van der Waals surface area contributed by atoms with E-state index in [0.29, 0.717) is 10.8 Å². The van der Waals surface area contributed by atoms with Crippen LogP contribution >= 0.6 is 11.6 Å². The summed E-state index contributed by atoms with van der Waals surface area (Å²) in [6.07, 6.45) is 9.05. The smallest absolute Gasteiger partial charge is 0.172 e. The first-order valence-electron chi connectivity index (χ1n) is 5.89. The van der Waals surface area contributed by atoms with Gasteiger partial charge in [0.25, 0.3) is 0 Å². The summed E-state index contributed by atoms with van der Waals surface area (Å²) in [5.41, 5.74) is 9.11. The van der Waals surface area contributed by atoms with E-state index in [1.807, 2.05) is 12.2 Å². The lowest BCUT2D eigenvalue weighted by atomic mass is 10.0. The van der Waals surface area contributed by atoms with Gasteiger partial charge < -0.3 is 5.73 Å². The molecule has 0 saturated carbocycles. The van der Waals surface area contributed by atoms with E-state index in [2.05, 4.69) is 21.9 Å². The summed E-state index contributed by atoms with van der Waals surface area (Å²) in [5.74, 6) is 6.22. The number of allylic oxidation sites excluding steroid dienone is 4. The quantitative estimate of drug-likeness (QED) is 0.590. The molecule has 2 aromatic heterocycles. The molecule has 1 aliphatic rings. The number of fused-ring (bicyclic) bond motifs is 1. The minimum Gasteiger partial charge on any atom is -0.402 e. The lowest BCUT2D eigenvalue weighted by molar-refractivity contribution is 0.919. The number of rotatable bonds is 0. The first-order valence-corrected chi connectivity index (χ1v) is 6.27. The van der Waals surface area contributed by atoms with E-state index < -0.39 is 0 Å². The summed E-state index contributed by atoms with van der Waals surface area (Å²) in [6.45, 7) is 0. The zero-order valence-electron chi connectivity index (χ0n) is 10.1. The molecule has 0 atom stereocenters. The standard InChI is InChI=1S/C14H11ClN4/c15-13-7-8-19-14(18-13)11(9-17-19)4-1-10-2-5-12(16)6-3-10/h2,5,7-9H,3,6,16H2. The SMILES string of the molecule is NC1=CC=C(C#Cc2cnn3ccc(Cl)nc23)CC1. The number of hydrogen-bond donors (Lipinski definition) is 1. The van der Waals surface area contributed by atoms with Crippen LogP contribution in [0.4, 0.5) is 0 Å². The third-order valence-corrected chi connectivity index (χ3v) is 3.08. The van der Waals surface area contributed by atoms with Crippen molar-refractivity contribution in [1.82, 2.24) is 14.6 Å². The van der Waals surface area contributed by atoms with Gasteiger partial charge >= 0.3 is 0 Å². The van der Waals surface area contributed by atoms with E-state index in [1.165, 1.54) is 0 Å². The minimum absolute atomic E-state index is 0.434. The van der Waals surface area contributed by atoms with Gasteiger partial charge in [-0.1, -0.05) is 23.4 Å². The van der Waals surface area contributed by atoms with Gasteiger partial charge in [-0.15, -0.1) is 0 Å². The maximum atomic E-state index is 5.88. The van der Waals surface area contributed by atoms with Gasteiger partial charge in [-0.05, 0) is 31.1 Å². The predicted octanol–water partition coefficient (Wildman–Crippen LogP) is 2.30. The summed E-state index contributed by atoms with van der Waals surface area (Å²) in [7, 11) is 0. The highest BCUT2D eigenvalue weighted by molar-refractivity contribution is 6.29. The fourth-order valence-corrected chi connectivity index (χ4v) is 1.98. The van der Waals surface area contributed by atoms with Crippen molar-refractivity contribution in [3.05, 3.63) is 52.6 Å². The Hall–Kier alpha value is -2.25. The Bertz CT molecular complexity index is 759. The molecule has 19 heavy (non-hydrogen) atoms. The van der Waals surface area contributed by atoms with Crippen molar-refractivity contribution < 1.29 is 0 Å². The molecule has 0 fully saturated rings. The number of nitrogens with zero attached hydrogens (tertiary/aromatic N) is 3. The molecule has 0 saturated heterocycles. The lowest BCUT2D eigenvalue weighted by Gasteiger charge is -2.05. The van der Waals surface area contributed by atoms with Crippen LogP contribution < -0.4 is 5.73 Å². The Kier molecular flexibility index (Phi) is 2.98. The summed E-state index contributed by atoms with van der Waals surface area (Å²) in [5, 5.41) is 4.61. The van der Waals surface area contributed by atoms with Gasteiger partial charge in [-0.25, -0.2) is 9.50 Å². The molecule has 0 aromatic carbocycles. The van der Waals surface area contributed by atoms with Crippen LogP contribution in [0.2, 0.25) is 5.15 Å². The Labute approximate surface area is 115 Å². The van der Waals surface area contributed by atoms with Crippen molar-refractivity contribution in [2.75, 3.05) is 0 Å². The molecule has 0 aliphatic heterocycles. The van der Waals surface area contributed by atoms with Gasteiger partial charge in [0.15, 0.2) is 5.65 Å². The molecule has 0 bridgehead atoms. The van der Waals surface area contributed by atoms with Crippen molar-refractivity contribution in [2.24, 2.45) is 5.73 Å². The summed E-state index contributed by atoms with van der Waals surface area (Å²) in [6, 6.07) is 1.69. The van der Waals surface area contributed by atoms with Crippen LogP contribution in [0, 0.1) is 11.8 Å². The van der Waals surface area contributed by atoms with Crippen LogP contribution in [0.5, 0.6) is 0 Å².